The van der Waals surface area contributed by atoms with Crippen molar-refractivity contribution in [3.05, 3.63) is 158 Å². The van der Waals surface area contributed by atoms with Crippen LogP contribution in [0.15, 0.2) is 162 Å². The summed E-state index contributed by atoms with van der Waals surface area (Å²) in [6, 6.07) is 41.4. The molecule has 0 spiro atoms. The maximum atomic E-state index is 12.6. The molecule has 0 unspecified atom stereocenters. The number of benzene rings is 4. The van der Waals surface area contributed by atoms with Crippen molar-refractivity contribution in [2.24, 2.45) is 34.0 Å². The van der Waals surface area contributed by atoms with Gasteiger partial charge in [-0.3, -0.25) is 9.59 Å². The minimum Gasteiger partial charge on any atom is -0.481 e. The molecule has 97 heavy (non-hydrogen) atoms. The number of likely N-dealkylation sites (N-methyl/N-ethyl adjacent to an activating group) is 2. The predicted octanol–water partition coefficient (Wildman–Crippen LogP) is 15.0. The zero-order valence-corrected chi connectivity index (χ0v) is 66.4. The van der Waals surface area contributed by atoms with E-state index >= 15 is 0 Å². The summed E-state index contributed by atoms with van der Waals surface area (Å²) in [5.41, 5.74) is 0. The van der Waals surface area contributed by atoms with Crippen molar-refractivity contribution in [2.75, 3.05) is 14.1 Å². The van der Waals surface area contributed by atoms with E-state index in [1.54, 1.807) is 25.3 Å². The van der Waals surface area contributed by atoms with Crippen LogP contribution in [-0.4, -0.2) is 110 Å². The number of rotatable bonds is 33. The first-order valence-corrected chi connectivity index (χ1v) is 40.5. The second kappa shape index (κ2) is 49.3. The Bertz CT molecular complexity index is 2860. The number of carboxylic acid groups (broad SMARTS) is 2. The molecular weight excluding hydrogens is 1280 g/mol. The molecule has 0 fully saturated rings. The van der Waals surface area contributed by atoms with Gasteiger partial charge in [0.25, 0.3) is 16.6 Å². The van der Waals surface area contributed by atoms with Crippen LogP contribution in [0.1, 0.15) is 210 Å². The van der Waals surface area contributed by atoms with Crippen molar-refractivity contribution in [1.29, 1.82) is 0 Å². The second-order valence-electron chi connectivity index (χ2n) is 29.6. The van der Waals surface area contributed by atoms with Crippen molar-refractivity contribution < 1.29 is 43.3 Å². The summed E-state index contributed by atoms with van der Waals surface area (Å²) in [5.74, 6) is 3.08. The number of nitrogens with zero attached hydrogens (tertiary/aromatic N) is 1. The fourth-order valence-electron chi connectivity index (χ4n) is 10.3. The second-order valence-corrected chi connectivity index (χ2v) is 41.4. The number of allylic oxidation sites excluding steroid dienone is 1. The van der Waals surface area contributed by atoms with Gasteiger partial charge in [0.05, 0.1) is 32.8 Å². The minimum atomic E-state index is -2.95. The summed E-state index contributed by atoms with van der Waals surface area (Å²) in [6.45, 7) is 39.5. The Hall–Kier alpha value is -5.24. The third kappa shape index (κ3) is 38.2. The summed E-state index contributed by atoms with van der Waals surface area (Å²) in [4.78, 5) is 44.9. The van der Waals surface area contributed by atoms with Gasteiger partial charge >= 0.3 is 11.9 Å². The third-order valence-electron chi connectivity index (χ3n) is 16.1. The summed E-state index contributed by atoms with van der Waals surface area (Å²) >= 11 is 0. The van der Waals surface area contributed by atoms with Gasteiger partial charge in [-0.1, -0.05) is 248 Å². The van der Waals surface area contributed by atoms with E-state index in [0.717, 1.165) is 85.0 Å². The average Bonchev–Trinajstić information content (AvgIpc) is 0.764. The molecule has 548 valence electrons. The normalized spacial score (nSPS) is 14.1. The molecule has 0 aliphatic carbocycles. The summed E-state index contributed by atoms with van der Waals surface area (Å²) < 4.78 is 30.7. The van der Waals surface area contributed by atoms with Gasteiger partial charge in [-0.2, -0.15) is 4.40 Å². The number of hydrogen-bond acceptors (Lipinski definition) is 8. The molecule has 0 amide bonds. The van der Waals surface area contributed by atoms with Crippen LogP contribution in [0.2, 0.25) is 10.1 Å². The predicted molar refractivity (Wildman–Crippen MR) is 426 cm³/mol. The van der Waals surface area contributed by atoms with Crippen LogP contribution in [0.3, 0.4) is 0 Å². The lowest BCUT2D eigenvalue weighted by atomic mass is 10.0. The molecule has 0 radical (unpaired) electrons. The van der Waals surface area contributed by atoms with Crippen LogP contribution in [0, 0.1) is 41.9 Å². The average molecular weight is 1420 g/mol. The number of carbonyl (C=O) groups is 2. The van der Waals surface area contributed by atoms with Crippen molar-refractivity contribution in [2.45, 2.75) is 247 Å². The van der Waals surface area contributed by atoms with E-state index in [-0.39, 0.29) is 51.0 Å². The van der Waals surface area contributed by atoms with Crippen molar-refractivity contribution in [1.82, 2.24) is 15.4 Å². The Labute approximate surface area is 598 Å². The summed E-state index contributed by atoms with van der Waals surface area (Å²) in [7, 11) is -4.19. The SMILES string of the molecule is C.C#CCCCC(C)(C)[Si](O)(c1ccccc1)c1ccccc1.CC(C)CC=N[S@](=O)C(C)(C)C.CC(C)C[C@@H](/C=C/CCCC(C)(C)[Si](O)(c1ccccc1)c1ccccc1)N[S@](=O)C(C)(C)C.CN[C@H](/C=C/CC(=O)O)CC(C)C.CN[C@H](/C=C/[C@H](C)C(=O)O)CC(C)C.O. The lowest BCUT2D eigenvalue weighted by Crippen LogP contribution is -2.65. The van der Waals surface area contributed by atoms with Gasteiger partial charge in [0, 0.05) is 30.8 Å². The Kier molecular flexibility index (Phi) is 48.8. The first-order chi connectivity index (χ1) is 44.3. The quantitative estimate of drug-likeness (QED) is 0.00784. The van der Waals surface area contributed by atoms with E-state index in [2.05, 4.69) is 169 Å². The van der Waals surface area contributed by atoms with E-state index in [4.69, 9.17) is 16.6 Å². The standard InChI is InChI=1S/C29H45NO2SSi.C20H24OSi.C11H21NO2.C10H19NO2.C9H19NOS.CH4.H2O/c1-24(2)23-25(30-33(31)28(3,4)5)17-11-10-16-22-29(6,7)34(32,26-18-12-8-13-19-26)27-20-14-9-15-21-27;1-4-5-12-17-20(2,3)22(21,18-13-8-6-9-14-18)19-15-10-7-11-16-19;1-8(2)7-10(12-4)6-5-9(3)11(13)14;1-8(2)7-9(11-3)5-4-6-10(12)13;1-8(2)6-7-10-12(11)9(3,4)5;;/h8-9,11-15,17-21,24-25,30,32H,10,16,22-23H2,1-7H3;1,6-11,13-16,21H,5,12,17H2,2-3H3;5-6,8-10,12H,7H2,1-4H3,(H,13,14);4-5,8-9,11H,6-7H2,1-3H3,(H,12,13);7-8H,6H2,1-5H3;1H4;1H2/b17-11+;;6-5+;5-4+;;;/t25-,33-;;9-,10+;9-;12-;;/m1.011../s1. The molecule has 17 heteroatoms. The van der Waals surface area contributed by atoms with Crippen LogP contribution in [0.5, 0.6) is 0 Å². The van der Waals surface area contributed by atoms with E-state index in [1.165, 1.54) is 0 Å². The number of nitrogens with one attached hydrogen (secondary N) is 3. The molecule has 13 nitrogen and oxygen atoms in total. The van der Waals surface area contributed by atoms with Crippen molar-refractivity contribution in [3.8, 4) is 12.3 Å². The van der Waals surface area contributed by atoms with E-state index in [0.29, 0.717) is 29.7 Å². The maximum absolute atomic E-state index is 12.6. The molecule has 9 N–H and O–H groups in total. The fraction of sp³-hybridized carbons (Fsp3) is 0.562. The van der Waals surface area contributed by atoms with Crippen molar-refractivity contribution in [3.63, 3.8) is 0 Å². The molecular formula is C80H134N4O9S2Si2. The van der Waals surface area contributed by atoms with Gasteiger partial charge in [0.2, 0.25) is 0 Å². The fourth-order valence-corrected chi connectivity index (χ4v) is 19.2. The monoisotopic (exact) mass is 1410 g/mol. The molecule has 4 aromatic carbocycles. The smallest absolute Gasteiger partial charge is 0.310 e. The number of terminal acetylenes is 1. The first-order valence-electron chi connectivity index (χ1n) is 34.3. The van der Waals surface area contributed by atoms with Crippen molar-refractivity contribution >= 4 is 77.5 Å². The molecule has 0 saturated heterocycles. The number of carboxylic acids is 2. The highest BCUT2D eigenvalue weighted by molar-refractivity contribution is 7.85. The maximum Gasteiger partial charge on any atom is 0.310 e. The lowest BCUT2D eigenvalue weighted by Gasteiger charge is -2.41. The molecule has 0 saturated carbocycles. The largest absolute Gasteiger partial charge is 0.481 e. The van der Waals surface area contributed by atoms with E-state index < -0.39 is 56.5 Å². The highest BCUT2D eigenvalue weighted by atomic mass is 32.2. The van der Waals surface area contributed by atoms with Crippen LogP contribution in [0.4, 0.5) is 0 Å². The van der Waals surface area contributed by atoms with Gasteiger partial charge in [0.1, 0.15) is 11.0 Å². The molecule has 0 aliphatic rings. The zero-order valence-electron chi connectivity index (χ0n) is 62.7. The highest BCUT2D eigenvalue weighted by Gasteiger charge is 2.50. The topological polar surface area (TPSA) is 229 Å². The third-order valence-corrected chi connectivity index (χ3v) is 28.2. The lowest BCUT2D eigenvalue weighted by molar-refractivity contribution is -0.139. The van der Waals surface area contributed by atoms with E-state index in [9.17, 15) is 27.6 Å². The Balaban J connectivity index is -0.00000121. The number of unbranched alkanes of at least 4 members (excludes halogenated alkanes) is 2. The number of hydrogen-bond donors (Lipinski definition) is 7. The first kappa shape index (κ1) is 95.9. The number of aliphatic carboxylic acids is 2. The molecule has 0 heterocycles. The zero-order chi connectivity index (χ0) is 72.6. The van der Waals surface area contributed by atoms with Gasteiger partial charge in [0.15, 0.2) is 0 Å². The Morgan fingerprint density at radius 1 is 0.546 bits per heavy atom. The van der Waals surface area contributed by atoms with Crippen LogP contribution in [0.25, 0.3) is 0 Å². The van der Waals surface area contributed by atoms with Gasteiger partial charge in [-0.25, -0.2) is 13.1 Å². The highest BCUT2D eigenvalue weighted by Crippen LogP contribution is 2.41. The van der Waals surface area contributed by atoms with Gasteiger partial charge in [-0.05, 0) is 175 Å². The van der Waals surface area contributed by atoms with Crippen LogP contribution in [-0.2, 0) is 31.6 Å². The molecule has 4 rings (SSSR count). The molecule has 4 aromatic rings. The van der Waals surface area contributed by atoms with Gasteiger partial charge < -0.3 is 35.9 Å². The molecule has 0 aromatic heterocycles. The molecule has 6 atom stereocenters. The van der Waals surface area contributed by atoms with Crippen LogP contribution < -0.4 is 36.1 Å². The Morgan fingerprint density at radius 3 is 1.23 bits per heavy atom. The summed E-state index contributed by atoms with van der Waals surface area (Å²) in [5, 5.41) is 27.2. The Morgan fingerprint density at radius 2 is 0.907 bits per heavy atom. The molecule has 0 aliphatic heterocycles. The minimum absolute atomic E-state index is 0. The summed E-state index contributed by atoms with van der Waals surface area (Å²) in [6.07, 6.45) is 28.4. The van der Waals surface area contributed by atoms with E-state index in [1.807, 2.05) is 141 Å². The van der Waals surface area contributed by atoms with Gasteiger partial charge in [-0.15, -0.1) is 12.3 Å². The van der Waals surface area contributed by atoms with Crippen LogP contribution >= 0.6 is 0 Å². The molecule has 0 bridgehead atoms.